The van der Waals surface area contributed by atoms with Crippen LogP contribution in [0, 0.1) is 11.6 Å². The van der Waals surface area contributed by atoms with Crippen molar-refractivity contribution in [2.45, 2.75) is 50.9 Å². The number of nitrogens with two attached hydrogens (primary N) is 2. The van der Waals surface area contributed by atoms with E-state index in [2.05, 4.69) is 10.6 Å². The van der Waals surface area contributed by atoms with Crippen molar-refractivity contribution in [3.63, 3.8) is 0 Å². The number of carboxylic acids is 2. The summed E-state index contributed by atoms with van der Waals surface area (Å²) in [4.78, 5) is 44.7. The van der Waals surface area contributed by atoms with Crippen LogP contribution in [0.25, 0.3) is 0 Å². The normalized spacial score (nSPS) is 13.7. The molecule has 0 aromatic heterocycles. The number of amides is 2. The zero-order valence-corrected chi connectivity index (χ0v) is 19.8. The van der Waals surface area contributed by atoms with Crippen LogP contribution in [0.15, 0.2) is 48.5 Å². The van der Waals surface area contributed by atoms with E-state index in [1.54, 1.807) is 12.1 Å². The molecule has 0 radical (unpaired) electrons. The molecule has 0 aliphatic rings. The minimum Gasteiger partial charge on any atom is -0.480 e. The van der Waals surface area contributed by atoms with Crippen molar-refractivity contribution in [3.05, 3.63) is 71.3 Å². The lowest BCUT2D eigenvalue weighted by molar-refractivity contribution is -0.142. The van der Waals surface area contributed by atoms with Crippen molar-refractivity contribution in [1.29, 1.82) is 0 Å². The van der Waals surface area contributed by atoms with Gasteiger partial charge < -0.3 is 32.3 Å². The number of hydrogen-bond acceptors (Lipinski definition) is 6. The highest BCUT2D eigenvalue weighted by molar-refractivity contribution is 5.87. The van der Waals surface area contributed by atoms with Gasteiger partial charge in [0.15, 0.2) is 0 Å². The Morgan fingerprint density at radius 2 is 1.08 bits per heavy atom. The van der Waals surface area contributed by atoms with E-state index < -0.39 is 59.6 Å². The smallest absolute Gasteiger partial charge is 0.326 e. The molecule has 8 N–H and O–H groups in total. The molecular weight excluding hydrogens is 478 g/mol. The van der Waals surface area contributed by atoms with E-state index >= 15 is 0 Å². The molecule has 12 heteroatoms. The predicted molar refractivity (Wildman–Crippen MR) is 127 cm³/mol. The zero-order valence-electron chi connectivity index (χ0n) is 19.8. The Morgan fingerprint density at radius 1 is 0.750 bits per heavy atom. The fraction of sp³-hybridized carbons (Fsp3) is 0.333. The number of carbonyl (C=O) groups excluding carboxylic acids is 2. The largest absolute Gasteiger partial charge is 0.480 e. The quantitative estimate of drug-likeness (QED) is 0.269. The first-order valence-corrected chi connectivity index (χ1v) is 10.9. The maximum Gasteiger partial charge on any atom is 0.326 e. The molecule has 2 rings (SSSR count). The molecule has 196 valence electrons. The molecule has 0 heterocycles. The van der Waals surface area contributed by atoms with E-state index in [1.807, 2.05) is 0 Å². The number of hydrogen-bond donors (Lipinski definition) is 6. The van der Waals surface area contributed by atoms with Gasteiger partial charge in [-0.3, -0.25) is 9.59 Å². The van der Waals surface area contributed by atoms with Crippen LogP contribution in [0.4, 0.5) is 8.78 Å². The van der Waals surface area contributed by atoms with Crippen LogP contribution in [0.3, 0.4) is 0 Å². The summed E-state index contributed by atoms with van der Waals surface area (Å²) >= 11 is 0. The predicted octanol–water partition coefficient (Wildman–Crippen LogP) is 0.570. The Kier molecular flexibility index (Phi) is 12.1. The van der Waals surface area contributed by atoms with Crippen molar-refractivity contribution in [3.8, 4) is 0 Å². The average molecular weight is 509 g/mol. The van der Waals surface area contributed by atoms with E-state index in [0.717, 1.165) is 0 Å². The molecule has 2 aromatic carbocycles. The summed E-state index contributed by atoms with van der Waals surface area (Å²) in [6, 6.07) is 7.32. The van der Waals surface area contributed by atoms with Gasteiger partial charge in [0, 0.05) is 12.8 Å². The Balaban J connectivity index is 0.000000360. The Bertz CT molecular complexity index is 981. The van der Waals surface area contributed by atoms with Crippen LogP contribution < -0.4 is 22.1 Å². The van der Waals surface area contributed by atoms with Crippen molar-refractivity contribution in [1.82, 2.24) is 10.6 Å². The number of rotatable bonds is 10. The Labute approximate surface area is 206 Å². The highest BCUT2D eigenvalue weighted by atomic mass is 19.1. The fourth-order valence-corrected chi connectivity index (χ4v) is 2.81. The molecule has 4 atom stereocenters. The molecule has 0 aliphatic carbocycles. The van der Waals surface area contributed by atoms with Crippen LogP contribution in [0.2, 0.25) is 0 Å². The summed E-state index contributed by atoms with van der Waals surface area (Å²) < 4.78 is 25.9. The number of benzene rings is 2. The van der Waals surface area contributed by atoms with Crippen LogP contribution in [-0.4, -0.2) is 58.1 Å². The Hall–Kier alpha value is -3.90. The molecule has 0 spiro atoms. The van der Waals surface area contributed by atoms with Gasteiger partial charge in [0.1, 0.15) is 23.7 Å². The first kappa shape index (κ1) is 30.1. The second-order valence-corrected chi connectivity index (χ2v) is 8.04. The molecule has 36 heavy (non-hydrogen) atoms. The molecule has 2 amide bonds. The standard InChI is InChI=1S/2C12H15FN2O3/c2*1-7(14)11(16)15-10(12(17)18)6-8-3-2-4-9(13)5-8/h2*2-5,7,10H,6,14H2,1H3,(H,15,16)(H,17,18)/t7-,10+;7-,10-/m00/s1. The van der Waals surface area contributed by atoms with Crippen molar-refractivity contribution < 1.29 is 38.2 Å². The number of carbonyl (C=O) groups is 4. The van der Waals surface area contributed by atoms with Gasteiger partial charge in [0.2, 0.25) is 11.8 Å². The number of carboxylic acid groups (broad SMARTS) is 2. The summed E-state index contributed by atoms with van der Waals surface area (Å²) in [5, 5.41) is 22.6. The van der Waals surface area contributed by atoms with Gasteiger partial charge in [0.05, 0.1) is 12.1 Å². The van der Waals surface area contributed by atoms with Crippen LogP contribution in [0.1, 0.15) is 25.0 Å². The topological polar surface area (TPSA) is 185 Å². The molecule has 10 nitrogen and oxygen atoms in total. The monoisotopic (exact) mass is 508 g/mol. The molecule has 2 aromatic rings. The van der Waals surface area contributed by atoms with Gasteiger partial charge in [-0.1, -0.05) is 24.3 Å². The third kappa shape index (κ3) is 11.0. The highest BCUT2D eigenvalue weighted by Gasteiger charge is 2.23. The van der Waals surface area contributed by atoms with Crippen molar-refractivity contribution in [2.75, 3.05) is 0 Å². The summed E-state index contributed by atoms with van der Waals surface area (Å²) in [5.74, 6) is -4.38. The lowest BCUT2D eigenvalue weighted by Crippen LogP contribution is -2.48. The molecule has 0 unspecified atom stereocenters. The first-order valence-electron chi connectivity index (χ1n) is 10.9. The molecule has 0 aliphatic heterocycles. The van der Waals surface area contributed by atoms with Gasteiger partial charge in [-0.25, -0.2) is 18.4 Å². The summed E-state index contributed by atoms with van der Waals surface area (Å²) in [5.41, 5.74) is 11.7. The van der Waals surface area contributed by atoms with E-state index in [9.17, 15) is 28.0 Å². The van der Waals surface area contributed by atoms with Crippen LogP contribution in [-0.2, 0) is 32.0 Å². The van der Waals surface area contributed by atoms with Gasteiger partial charge in [0.25, 0.3) is 0 Å². The number of aliphatic carboxylic acids is 2. The average Bonchev–Trinajstić information content (AvgIpc) is 2.78. The first-order chi connectivity index (χ1) is 16.8. The second-order valence-electron chi connectivity index (χ2n) is 8.04. The molecule has 0 saturated carbocycles. The van der Waals surface area contributed by atoms with E-state index in [1.165, 1.54) is 50.2 Å². The zero-order chi connectivity index (χ0) is 27.4. The van der Waals surface area contributed by atoms with Gasteiger partial charge >= 0.3 is 11.9 Å². The van der Waals surface area contributed by atoms with Gasteiger partial charge in [-0.2, -0.15) is 0 Å². The summed E-state index contributed by atoms with van der Waals surface area (Å²) in [6.07, 6.45) is 0.0110. The molecule has 0 bridgehead atoms. The summed E-state index contributed by atoms with van der Waals surface area (Å²) in [7, 11) is 0. The maximum atomic E-state index is 13.0. The number of halogens is 2. The Morgan fingerprint density at radius 3 is 1.33 bits per heavy atom. The lowest BCUT2D eigenvalue weighted by Gasteiger charge is -2.16. The molecule has 0 fully saturated rings. The van der Waals surface area contributed by atoms with Crippen molar-refractivity contribution >= 4 is 23.8 Å². The third-order valence-corrected chi connectivity index (χ3v) is 4.71. The lowest BCUT2D eigenvalue weighted by atomic mass is 10.1. The van der Waals surface area contributed by atoms with E-state index in [0.29, 0.717) is 11.1 Å². The second kappa shape index (κ2) is 14.5. The fourth-order valence-electron chi connectivity index (χ4n) is 2.81. The van der Waals surface area contributed by atoms with Crippen molar-refractivity contribution in [2.24, 2.45) is 11.5 Å². The minimum atomic E-state index is -1.19. The third-order valence-electron chi connectivity index (χ3n) is 4.71. The molecular formula is C24H30F2N4O6. The van der Waals surface area contributed by atoms with E-state index in [-0.39, 0.29) is 12.8 Å². The minimum absolute atomic E-state index is 0.00551. The van der Waals surface area contributed by atoms with Gasteiger partial charge in [-0.15, -0.1) is 0 Å². The van der Waals surface area contributed by atoms with Crippen LogP contribution >= 0.6 is 0 Å². The summed E-state index contributed by atoms with van der Waals surface area (Å²) in [6.45, 7) is 2.91. The maximum absolute atomic E-state index is 13.0. The highest BCUT2D eigenvalue weighted by Crippen LogP contribution is 2.08. The van der Waals surface area contributed by atoms with Gasteiger partial charge in [-0.05, 0) is 49.2 Å². The van der Waals surface area contributed by atoms with E-state index in [4.69, 9.17) is 21.7 Å². The van der Waals surface area contributed by atoms with Crippen LogP contribution in [0.5, 0.6) is 0 Å². The number of nitrogens with one attached hydrogen (secondary N) is 2. The molecule has 0 saturated heterocycles. The SMILES string of the molecule is C[C@H](N)C(=O)N[C@@H](Cc1cccc(F)c1)C(=O)O.C[C@H](N)C(=O)N[C@H](Cc1cccc(F)c1)C(=O)O.